The van der Waals surface area contributed by atoms with E-state index in [9.17, 15) is 9.50 Å². The molecule has 1 N–H and O–H groups in total. The van der Waals surface area contributed by atoms with Gasteiger partial charge in [0.25, 0.3) is 0 Å². The van der Waals surface area contributed by atoms with Gasteiger partial charge in [0.05, 0.1) is 12.5 Å². The van der Waals surface area contributed by atoms with Crippen LogP contribution in [0.4, 0.5) is 4.39 Å². The highest BCUT2D eigenvalue weighted by Gasteiger charge is 2.17. The molecule has 0 spiro atoms. The van der Waals surface area contributed by atoms with Crippen molar-refractivity contribution >= 4 is 11.0 Å². The fourth-order valence-electron chi connectivity index (χ4n) is 1.78. The summed E-state index contributed by atoms with van der Waals surface area (Å²) in [5.74, 6) is -0.139. The number of furan rings is 2. The molecule has 2 aromatic heterocycles. The summed E-state index contributed by atoms with van der Waals surface area (Å²) >= 11 is 0. The summed E-state index contributed by atoms with van der Waals surface area (Å²) in [7, 11) is 0. The number of rotatable bonds is 2. The van der Waals surface area contributed by atoms with Gasteiger partial charge in [-0.15, -0.1) is 0 Å². The molecular weight excluding hydrogens is 223 g/mol. The molecule has 1 unspecified atom stereocenters. The molecule has 17 heavy (non-hydrogen) atoms. The lowest BCUT2D eigenvalue weighted by Gasteiger charge is -2.02. The highest BCUT2D eigenvalue weighted by atomic mass is 19.1. The van der Waals surface area contributed by atoms with E-state index in [0.29, 0.717) is 16.7 Å². The van der Waals surface area contributed by atoms with Gasteiger partial charge in [-0.05, 0) is 18.2 Å². The zero-order valence-electron chi connectivity index (χ0n) is 8.76. The fourth-order valence-corrected chi connectivity index (χ4v) is 1.78. The molecular formula is C13H9FO3. The summed E-state index contributed by atoms with van der Waals surface area (Å²) in [5, 5.41) is 10.6. The lowest BCUT2D eigenvalue weighted by atomic mass is 10.1. The van der Waals surface area contributed by atoms with Crippen molar-refractivity contribution in [3.63, 3.8) is 0 Å². The van der Waals surface area contributed by atoms with Crippen molar-refractivity contribution in [3.8, 4) is 0 Å². The van der Waals surface area contributed by atoms with Gasteiger partial charge >= 0.3 is 0 Å². The number of para-hydroxylation sites is 1. The van der Waals surface area contributed by atoms with E-state index in [-0.39, 0.29) is 5.58 Å². The molecule has 0 amide bonds. The minimum Gasteiger partial charge on any atom is -0.472 e. The normalized spacial score (nSPS) is 13.1. The Morgan fingerprint density at radius 3 is 2.82 bits per heavy atom. The van der Waals surface area contributed by atoms with Gasteiger partial charge in [-0.1, -0.05) is 12.1 Å². The predicted molar refractivity (Wildman–Crippen MR) is 58.9 cm³/mol. The van der Waals surface area contributed by atoms with Gasteiger partial charge in [0.15, 0.2) is 11.4 Å². The van der Waals surface area contributed by atoms with Gasteiger partial charge in [-0.25, -0.2) is 4.39 Å². The molecule has 0 radical (unpaired) electrons. The van der Waals surface area contributed by atoms with Crippen LogP contribution in [0.5, 0.6) is 0 Å². The van der Waals surface area contributed by atoms with Crippen molar-refractivity contribution in [2.45, 2.75) is 6.10 Å². The fraction of sp³-hybridized carbons (Fsp3) is 0.0769. The summed E-state index contributed by atoms with van der Waals surface area (Å²) in [6.07, 6.45) is 1.94. The zero-order valence-corrected chi connectivity index (χ0v) is 8.76. The second-order valence-corrected chi connectivity index (χ2v) is 3.77. The van der Waals surface area contributed by atoms with Crippen molar-refractivity contribution in [3.05, 3.63) is 60.0 Å². The molecule has 4 heteroatoms. The van der Waals surface area contributed by atoms with E-state index >= 15 is 0 Å². The van der Waals surface area contributed by atoms with Crippen LogP contribution < -0.4 is 0 Å². The average Bonchev–Trinajstić information content (AvgIpc) is 2.98. The highest BCUT2D eigenvalue weighted by molar-refractivity contribution is 5.78. The number of aliphatic hydroxyl groups is 1. The maximum atomic E-state index is 13.4. The second-order valence-electron chi connectivity index (χ2n) is 3.77. The van der Waals surface area contributed by atoms with Crippen LogP contribution in [0.3, 0.4) is 0 Å². The molecule has 0 aliphatic carbocycles. The van der Waals surface area contributed by atoms with Gasteiger partial charge in [-0.2, -0.15) is 0 Å². The maximum absolute atomic E-state index is 13.4. The Kier molecular flexibility index (Phi) is 2.23. The summed E-state index contributed by atoms with van der Waals surface area (Å²) < 4.78 is 23.6. The van der Waals surface area contributed by atoms with E-state index in [1.54, 1.807) is 24.3 Å². The molecule has 0 saturated heterocycles. The molecule has 3 aromatic rings. The molecule has 2 heterocycles. The third kappa shape index (κ3) is 1.62. The monoisotopic (exact) mass is 232 g/mol. The van der Waals surface area contributed by atoms with Crippen LogP contribution in [-0.4, -0.2) is 5.11 Å². The topological polar surface area (TPSA) is 46.5 Å². The molecule has 1 atom stereocenters. The van der Waals surface area contributed by atoms with Crippen LogP contribution >= 0.6 is 0 Å². The van der Waals surface area contributed by atoms with E-state index in [4.69, 9.17) is 8.83 Å². The molecule has 1 aromatic carbocycles. The van der Waals surface area contributed by atoms with Gasteiger partial charge in [0.2, 0.25) is 0 Å². The number of hydrogen-bond acceptors (Lipinski definition) is 3. The number of benzene rings is 1. The Hall–Kier alpha value is -2.07. The van der Waals surface area contributed by atoms with Gasteiger partial charge < -0.3 is 13.9 Å². The van der Waals surface area contributed by atoms with Crippen molar-refractivity contribution in [1.29, 1.82) is 0 Å². The second kappa shape index (κ2) is 3.75. The number of fused-ring (bicyclic) bond motifs is 1. The van der Waals surface area contributed by atoms with E-state index in [1.807, 2.05) is 0 Å². The quantitative estimate of drug-likeness (QED) is 0.737. The number of aliphatic hydroxyl groups excluding tert-OH is 1. The molecule has 0 aliphatic heterocycles. The third-order valence-corrected chi connectivity index (χ3v) is 2.64. The minimum atomic E-state index is -0.944. The molecule has 0 aliphatic rings. The largest absolute Gasteiger partial charge is 0.472 e. The van der Waals surface area contributed by atoms with Crippen molar-refractivity contribution in [1.82, 2.24) is 0 Å². The first-order chi connectivity index (χ1) is 8.25. The Bertz CT molecular complexity index is 640. The maximum Gasteiger partial charge on any atom is 0.170 e. The first-order valence-electron chi connectivity index (χ1n) is 5.14. The number of halogens is 1. The first kappa shape index (κ1) is 10.1. The Morgan fingerprint density at radius 1 is 1.24 bits per heavy atom. The summed E-state index contributed by atoms with van der Waals surface area (Å²) in [4.78, 5) is 0. The minimum absolute atomic E-state index is 0.157. The van der Waals surface area contributed by atoms with Crippen LogP contribution in [0.2, 0.25) is 0 Å². The van der Waals surface area contributed by atoms with Crippen LogP contribution in [0.1, 0.15) is 17.4 Å². The van der Waals surface area contributed by atoms with Crippen molar-refractivity contribution in [2.24, 2.45) is 0 Å². The molecule has 3 rings (SSSR count). The van der Waals surface area contributed by atoms with Gasteiger partial charge in [0, 0.05) is 10.9 Å². The van der Waals surface area contributed by atoms with Crippen LogP contribution in [-0.2, 0) is 0 Å². The standard InChI is InChI=1S/C13H9FO3/c14-10-3-1-2-8-6-11(17-13(8)10)12(15)9-4-5-16-7-9/h1-7,12,15H. The van der Waals surface area contributed by atoms with Gasteiger partial charge in [0.1, 0.15) is 11.9 Å². The van der Waals surface area contributed by atoms with Crippen molar-refractivity contribution < 1.29 is 18.3 Å². The lowest BCUT2D eigenvalue weighted by molar-refractivity contribution is 0.191. The smallest absolute Gasteiger partial charge is 0.170 e. The summed E-state index contributed by atoms with van der Waals surface area (Å²) in [6, 6.07) is 7.90. The van der Waals surface area contributed by atoms with E-state index in [2.05, 4.69) is 0 Å². The number of hydrogen-bond donors (Lipinski definition) is 1. The lowest BCUT2D eigenvalue weighted by Crippen LogP contribution is -1.95. The molecule has 0 bridgehead atoms. The SMILES string of the molecule is OC(c1ccoc1)c1cc2cccc(F)c2o1. The molecule has 3 nitrogen and oxygen atoms in total. The molecule has 86 valence electrons. The highest BCUT2D eigenvalue weighted by Crippen LogP contribution is 2.29. The van der Waals surface area contributed by atoms with Crippen LogP contribution in [0.25, 0.3) is 11.0 Å². The van der Waals surface area contributed by atoms with E-state index in [0.717, 1.165) is 0 Å². The molecule has 0 saturated carbocycles. The summed E-state index contributed by atoms with van der Waals surface area (Å²) in [5.41, 5.74) is 0.731. The molecule has 0 fully saturated rings. The van der Waals surface area contributed by atoms with E-state index < -0.39 is 11.9 Å². The Labute approximate surface area is 96.1 Å². The Balaban J connectivity index is 2.10. The predicted octanol–water partition coefficient (Wildman–Crippen LogP) is 3.25. The Morgan fingerprint density at radius 2 is 2.12 bits per heavy atom. The zero-order chi connectivity index (χ0) is 11.8. The van der Waals surface area contributed by atoms with Crippen LogP contribution in [0, 0.1) is 5.82 Å². The summed E-state index contributed by atoms with van der Waals surface area (Å²) in [6.45, 7) is 0. The van der Waals surface area contributed by atoms with Crippen molar-refractivity contribution in [2.75, 3.05) is 0 Å². The van der Waals surface area contributed by atoms with Gasteiger partial charge in [-0.3, -0.25) is 0 Å². The van der Waals surface area contributed by atoms with E-state index in [1.165, 1.54) is 18.6 Å². The average molecular weight is 232 g/mol. The van der Waals surface area contributed by atoms with Crippen LogP contribution in [0.15, 0.2) is 51.7 Å². The first-order valence-corrected chi connectivity index (χ1v) is 5.14. The third-order valence-electron chi connectivity index (χ3n) is 2.64.